The highest BCUT2D eigenvalue weighted by atomic mass is 15.3. The second-order valence-electron chi connectivity index (χ2n) is 9.75. The molecule has 0 bridgehead atoms. The summed E-state index contributed by atoms with van der Waals surface area (Å²) in [5.41, 5.74) is 10.7. The van der Waals surface area contributed by atoms with Gasteiger partial charge in [-0.3, -0.25) is 0 Å². The van der Waals surface area contributed by atoms with E-state index in [4.69, 9.17) is 9.97 Å². The van der Waals surface area contributed by atoms with E-state index in [9.17, 15) is 0 Å². The van der Waals surface area contributed by atoms with Crippen LogP contribution < -0.4 is 0 Å². The fourth-order valence-corrected chi connectivity index (χ4v) is 4.64. The number of hydrogen-bond donors (Lipinski definition) is 0. The number of rotatable bonds is 4. The molecule has 4 heterocycles. The van der Waals surface area contributed by atoms with Crippen molar-refractivity contribution in [3.05, 3.63) is 80.7 Å². The third-order valence-corrected chi connectivity index (χ3v) is 7.13. The van der Waals surface area contributed by atoms with Gasteiger partial charge < -0.3 is 0 Å². The smallest absolute Gasteiger partial charge is 0.156 e. The molecule has 0 atom stereocenters. The van der Waals surface area contributed by atoms with Crippen LogP contribution in [-0.4, -0.2) is 29.5 Å². The van der Waals surface area contributed by atoms with Crippen LogP contribution in [0.2, 0.25) is 0 Å². The minimum absolute atomic E-state index is 0.418. The minimum atomic E-state index is -0.418. The van der Waals surface area contributed by atoms with Crippen LogP contribution in [0.1, 0.15) is 70.0 Å². The molecule has 0 fully saturated rings. The molecule has 6 heteroatoms. The van der Waals surface area contributed by atoms with Gasteiger partial charge in [0.1, 0.15) is 0 Å². The summed E-state index contributed by atoms with van der Waals surface area (Å²) >= 11 is 0. The zero-order valence-corrected chi connectivity index (χ0v) is 21.5. The van der Waals surface area contributed by atoms with Crippen molar-refractivity contribution in [3.8, 4) is 11.6 Å². The van der Waals surface area contributed by atoms with Crippen LogP contribution in [0.15, 0.2) is 24.5 Å². The van der Waals surface area contributed by atoms with E-state index in [0.29, 0.717) is 0 Å². The Bertz CT molecular complexity index is 1270. The average molecular weight is 443 g/mol. The molecular formula is C27H34N6. The largest absolute Gasteiger partial charge is 0.232 e. The molecule has 0 N–H and O–H groups in total. The Kier molecular flexibility index (Phi) is 5.51. The summed E-state index contributed by atoms with van der Waals surface area (Å²) in [4.78, 5) is 10.4. The number of aryl methyl sites for hydroxylation is 2. The SMILES string of the molecule is Cc1ccn(-c2nc(C(C)(C)c3nc(-n4ccc(C)n4)c(C)c(C)c3C)c(C)c(C)c2C)n1. The molecule has 0 saturated heterocycles. The lowest BCUT2D eigenvalue weighted by Crippen LogP contribution is -2.28. The van der Waals surface area contributed by atoms with Crippen molar-refractivity contribution < 1.29 is 0 Å². The van der Waals surface area contributed by atoms with Crippen LogP contribution in [0.5, 0.6) is 0 Å². The topological polar surface area (TPSA) is 61.4 Å². The van der Waals surface area contributed by atoms with E-state index < -0.39 is 5.41 Å². The van der Waals surface area contributed by atoms with Crippen LogP contribution in [0.3, 0.4) is 0 Å². The fourth-order valence-electron chi connectivity index (χ4n) is 4.64. The molecule has 0 unspecified atom stereocenters. The third kappa shape index (κ3) is 3.67. The molecule has 0 spiro atoms. The zero-order chi connectivity index (χ0) is 24.2. The summed E-state index contributed by atoms with van der Waals surface area (Å²) in [6.45, 7) is 21.4. The predicted molar refractivity (Wildman–Crippen MR) is 133 cm³/mol. The second-order valence-corrected chi connectivity index (χ2v) is 9.75. The molecule has 0 aromatic carbocycles. The van der Waals surface area contributed by atoms with Gasteiger partial charge in [0.05, 0.1) is 22.8 Å². The van der Waals surface area contributed by atoms with Gasteiger partial charge in [0, 0.05) is 17.8 Å². The van der Waals surface area contributed by atoms with E-state index in [1.165, 1.54) is 22.3 Å². The first-order valence-electron chi connectivity index (χ1n) is 11.4. The van der Waals surface area contributed by atoms with Gasteiger partial charge in [0.2, 0.25) is 0 Å². The van der Waals surface area contributed by atoms with Gasteiger partial charge in [-0.05, 0) is 115 Å². The normalized spacial score (nSPS) is 11.9. The molecule has 0 radical (unpaired) electrons. The lowest BCUT2D eigenvalue weighted by Gasteiger charge is -2.30. The monoisotopic (exact) mass is 442 g/mol. The van der Waals surface area contributed by atoms with Crippen LogP contribution >= 0.6 is 0 Å². The molecule has 0 aliphatic heterocycles. The first-order valence-corrected chi connectivity index (χ1v) is 11.4. The van der Waals surface area contributed by atoms with Crippen molar-refractivity contribution in [1.29, 1.82) is 0 Å². The highest BCUT2D eigenvalue weighted by molar-refractivity contribution is 5.53. The molecule has 0 aliphatic carbocycles. The highest BCUT2D eigenvalue weighted by Gasteiger charge is 2.33. The van der Waals surface area contributed by atoms with E-state index in [-0.39, 0.29) is 0 Å². The van der Waals surface area contributed by atoms with Crippen molar-refractivity contribution in [1.82, 2.24) is 29.5 Å². The maximum atomic E-state index is 5.20. The number of nitrogens with zero attached hydrogens (tertiary/aromatic N) is 6. The van der Waals surface area contributed by atoms with Crippen molar-refractivity contribution in [2.24, 2.45) is 0 Å². The highest BCUT2D eigenvalue weighted by Crippen LogP contribution is 2.38. The van der Waals surface area contributed by atoms with E-state index in [0.717, 1.165) is 45.5 Å². The number of pyridine rings is 2. The minimum Gasteiger partial charge on any atom is -0.232 e. The summed E-state index contributed by atoms with van der Waals surface area (Å²) in [5, 5.41) is 9.27. The molecule has 33 heavy (non-hydrogen) atoms. The Morgan fingerprint density at radius 3 is 1.21 bits per heavy atom. The molecule has 4 aromatic rings. The Morgan fingerprint density at radius 1 is 0.545 bits per heavy atom. The second kappa shape index (κ2) is 7.94. The van der Waals surface area contributed by atoms with Crippen molar-refractivity contribution in [2.75, 3.05) is 0 Å². The summed E-state index contributed by atoms with van der Waals surface area (Å²) < 4.78 is 3.77. The first-order chi connectivity index (χ1) is 15.4. The van der Waals surface area contributed by atoms with Gasteiger partial charge in [-0.25, -0.2) is 19.3 Å². The molecule has 4 rings (SSSR count). The molecule has 6 nitrogen and oxygen atoms in total. The molecular weight excluding hydrogens is 408 g/mol. The van der Waals surface area contributed by atoms with Crippen LogP contribution in [0.4, 0.5) is 0 Å². The Morgan fingerprint density at radius 2 is 0.909 bits per heavy atom. The standard InChI is InChI=1S/C27H34N6/c1-15-11-13-32(30-15)25-21(7)17(3)19(5)23(28-25)27(9,10)24-20(6)18(4)22(8)26(29-24)33-14-12-16(2)31-33/h11-14H,1-10H3. The number of hydrogen-bond acceptors (Lipinski definition) is 4. The summed E-state index contributed by atoms with van der Waals surface area (Å²) in [5.74, 6) is 1.75. The van der Waals surface area contributed by atoms with Gasteiger partial charge >= 0.3 is 0 Å². The first kappa shape index (κ1) is 22.9. The third-order valence-electron chi connectivity index (χ3n) is 7.13. The fraction of sp³-hybridized carbons (Fsp3) is 0.407. The Labute approximate surface area is 196 Å². The predicted octanol–water partition coefficient (Wildman–Crippen LogP) is 5.64. The van der Waals surface area contributed by atoms with Crippen LogP contribution in [0, 0.1) is 55.4 Å². The maximum absolute atomic E-state index is 5.20. The molecule has 172 valence electrons. The van der Waals surface area contributed by atoms with E-state index >= 15 is 0 Å². The van der Waals surface area contributed by atoms with Crippen LogP contribution in [0.25, 0.3) is 11.6 Å². The van der Waals surface area contributed by atoms with Gasteiger partial charge in [0.25, 0.3) is 0 Å². The van der Waals surface area contributed by atoms with Gasteiger partial charge in [-0.15, -0.1) is 0 Å². The lowest BCUT2D eigenvalue weighted by atomic mass is 9.78. The summed E-state index contributed by atoms with van der Waals surface area (Å²) in [6.07, 6.45) is 3.96. The van der Waals surface area contributed by atoms with E-state index in [1.54, 1.807) is 0 Å². The van der Waals surface area contributed by atoms with E-state index in [1.807, 2.05) is 47.7 Å². The van der Waals surface area contributed by atoms with Crippen molar-refractivity contribution >= 4 is 0 Å². The summed E-state index contributed by atoms with van der Waals surface area (Å²) in [7, 11) is 0. The molecule has 0 saturated carbocycles. The molecule has 0 amide bonds. The van der Waals surface area contributed by atoms with E-state index in [2.05, 4.69) is 65.6 Å². The molecule has 0 aliphatic rings. The summed E-state index contributed by atoms with van der Waals surface area (Å²) in [6, 6.07) is 4.02. The average Bonchev–Trinajstić information content (AvgIpc) is 3.38. The van der Waals surface area contributed by atoms with Crippen molar-refractivity contribution in [2.45, 2.75) is 74.7 Å². The number of aromatic nitrogens is 6. The van der Waals surface area contributed by atoms with Gasteiger partial charge in [0.15, 0.2) is 11.6 Å². The molecule has 4 aromatic heterocycles. The van der Waals surface area contributed by atoms with Gasteiger partial charge in [-0.2, -0.15) is 10.2 Å². The Hall–Kier alpha value is -3.28. The Balaban J connectivity index is 1.97. The lowest BCUT2D eigenvalue weighted by molar-refractivity contribution is 0.575. The van der Waals surface area contributed by atoms with Gasteiger partial charge in [-0.1, -0.05) is 0 Å². The quantitative estimate of drug-likeness (QED) is 0.410. The zero-order valence-electron chi connectivity index (χ0n) is 21.5. The van der Waals surface area contributed by atoms with Crippen LogP contribution in [-0.2, 0) is 5.41 Å². The maximum Gasteiger partial charge on any atom is 0.156 e. The van der Waals surface area contributed by atoms with Crippen molar-refractivity contribution in [3.63, 3.8) is 0 Å².